The standard InChI is InChI=1S/C17H23N3O2S/c1-3-12(2)16-18-17(22-19-16)14-8-4-5-9-20(14)15(21)11-13-7-6-10-23-13/h6-7,10,12,14H,3-5,8-9,11H2,1-2H3/t12-,14+/m0/s1. The molecule has 23 heavy (non-hydrogen) atoms. The number of aromatic nitrogens is 2. The Labute approximate surface area is 140 Å². The molecule has 2 aromatic rings. The number of carbonyl (C=O) groups is 1. The average Bonchev–Trinajstić information content (AvgIpc) is 3.25. The van der Waals surface area contributed by atoms with Crippen molar-refractivity contribution in [3.05, 3.63) is 34.1 Å². The molecule has 0 saturated carbocycles. The third kappa shape index (κ3) is 3.63. The quantitative estimate of drug-likeness (QED) is 0.831. The van der Waals surface area contributed by atoms with Crippen LogP contribution in [0.15, 0.2) is 22.0 Å². The summed E-state index contributed by atoms with van der Waals surface area (Å²) in [5, 5.41) is 6.12. The van der Waals surface area contributed by atoms with Gasteiger partial charge in [-0.2, -0.15) is 4.98 Å². The van der Waals surface area contributed by atoms with E-state index in [9.17, 15) is 4.79 Å². The first-order chi connectivity index (χ1) is 11.2. The first kappa shape index (κ1) is 16.2. The number of hydrogen-bond acceptors (Lipinski definition) is 5. The Morgan fingerprint density at radius 1 is 1.52 bits per heavy atom. The number of hydrogen-bond donors (Lipinski definition) is 0. The zero-order valence-electron chi connectivity index (χ0n) is 13.7. The van der Waals surface area contributed by atoms with Gasteiger partial charge in [-0.25, -0.2) is 0 Å². The Kier molecular flexibility index (Phi) is 5.10. The third-order valence-corrected chi connectivity index (χ3v) is 5.40. The summed E-state index contributed by atoms with van der Waals surface area (Å²) in [5.41, 5.74) is 0. The molecule has 0 N–H and O–H groups in total. The molecule has 1 amide bonds. The van der Waals surface area contributed by atoms with Crippen LogP contribution in [0.5, 0.6) is 0 Å². The molecule has 0 aromatic carbocycles. The van der Waals surface area contributed by atoms with Gasteiger partial charge in [-0.3, -0.25) is 4.79 Å². The summed E-state index contributed by atoms with van der Waals surface area (Å²) >= 11 is 1.62. The van der Waals surface area contributed by atoms with Gasteiger partial charge in [0.15, 0.2) is 5.82 Å². The topological polar surface area (TPSA) is 59.2 Å². The second kappa shape index (κ2) is 7.25. The van der Waals surface area contributed by atoms with Crippen LogP contribution in [0, 0.1) is 0 Å². The Hall–Kier alpha value is -1.69. The van der Waals surface area contributed by atoms with Crippen molar-refractivity contribution in [3.63, 3.8) is 0 Å². The third-order valence-electron chi connectivity index (χ3n) is 4.52. The van der Waals surface area contributed by atoms with E-state index >= 15 is 0 Å². The minimum absolute atomic E-state index is 0.0680. The Bertz CT molecular complexity index is 638. The molecule has 0 unspecified atom stereocenters. The molecule has 0 bridgehead atoms. The van der Waals surface area contributed by atoms with Crippen LogP contribution in [0.2, 0.25) is 0 Å². The van der Waals surface area contributed by atoms with E-state index in [1.165, 1.54) is 0 Å². The smallest absolute Gasteiger partial charge is 0.249 e. The maximum atomic E-state index is 12.7. The van der Waals surface area contributed by atoms with E-state index in [-0.39, 0.29) is 17.9 Å². The summed E-state index contributed by atoms with van der Waals surface area (Å²) in [6.07, 6.45) is 4.47. The maximum Gasteiger partial charge on any atom is 0.249 e. The summed E-state index contributed by atoms with van der Waals surface area (Å²) < 4.78 is 5.49. The van der Waals surface area contributed by atoms with Gasteiger partial charge in [0.25, 0.3) is 0 Å². The average molecular weight is 333 g/mol. The molecule has 1 fully saturated rings. The van der Waals surface area contributed by atoms with Crippen LogP contribution >= 0.6 is 11.3 Å². The van der Waals surface area contributed by atoms with Crippen LogP contribution in [0.4, 0.5) is 0 Å². The predicted molar refractivity (Wildman–Crippen MR) is 89.3 cm³/mol. The lowest BCUT2D eigenvalue weighted by atomic mass is 10.0. The fourth-order valence-corrected chi connectivity index (χ4v) is 3.61. The van der Waals surface area contributed by atoms with Gasteiger partial charge >= 0.3 is 0 Å². The van der Waals surface area contributed by atoms with Crippen molar-refractivity contribution in [3.8, 4) is 0 Å². The summed E-state index contributed by atoms with van der Waals surface area (Å²) in [5.74, 6) is 1.78. The van der Waals surface area contributed by atoms with Crippen LogP contribution in [0.1, 0.15) is 68.1 Å². The van der Waals surface area contributed by atoms with Gasteiger partial charge in [-0.1, -0.05) is 25.1 Å². The van der Waals surface area contributed by atoms with E-state index in [2.05, 4.69) is 24.0 Å². The van der Waals surface area contributed by atoms with E-state index < -0.39 is 0 Å². The van der Waals surface area contributed by atoms with Gasteiger partial charge in [0, 0.05) is 17.3 Å². The molecule has 124 valence electrons. The zero-order chi connectivity index (χ0) is 16.2. The number of rotatable bonds is 5. The molecule has 1 aliphatic rings. The molecule has 0 aliphatic carbocycles. The number of likely N-dealkylation sites (tertiary alicyclic amines) is 1. The van der Waals surface area contributed by atoms with Crippen molar-refractivity contribution in [1.29, 1.82) is 0 Å². The van der Waals surface area contributed by atoms with Gasteiger partial charge in [0.1, 0.15) is 6.04 Å². The highest BCUT2D eigenvalue weighted by molar-refractivity contribution is 7.10. The number of carbonyl (C=O) groups excluding carboxylic acids is 1. The normalized spacial score (nSPS) is 19.7. The highest BCUT2D eigenvalue weighted by Crippen LogP contribution is 2.31. The monoisotopic (exact) mass is 333 g/mol. The highest BCUT2D eigenvalue weighted by atomic mass is 32.1. The van der Waals surface area contributed by atoms with Crippen LogP contribution in [0.3, 0.4) is 0 Å². The molecule has 3 heterocycles. The molecule has 1 aliphatic heterocycles. The molecular weight excluding hydrogens is 310 g/mol. The number of piperidine rings is 1. The minimum atomic E-state index is -0.0680. The zero-order valence-corrected chi connectivity index (χ0v) is 14.5. The fraction of sp³-hybridized carbons (Fsp3) is 0.588. The van der Waals surface area contributed by atoms with Crippen molar-refractivity contribution < 1.29 is 9.32 Å². The minimum Gasteiger partial charge on any atom is -0.337 e. The maximum absolute atomic E-state index is 12.7. The SMILES string of the molecule is CC[C@H](C)c1noc([C@H]2CCCCN2C(=O)Cc2cccs2)n1. The fourth-order valence-electron chi connectivity index (χ4n) is 2.92. The molecular formula is C17H23N3O2S. The molecule has 2 atom stereocenters. The van der Waals surface area contributed by atoms with Crippen molar-refractivity contribution in [1.82, 2.24) is 15.0 Å². The largest absolute Gasteiger partial charge is 0.337 e. The Balaban J connectivity index is 1.75. The lowest BCUT2D eigenvalue weighted by molar-refractivity contribution is -0.134. The van der Waals surface area contributed by atoms with Crippen LogP contribution < -0.4 is 0 Å². The van der Waals surface area contributed by atoms with Crippen molar-refractivity contribution in [2.24, 2.45) is 0 Å². The second-order valence-electron chi connectivity index (χ2n) is 6.15. The highest BCUT2D eigenvalue weighted by Gasteiger charge is 2.32. The van der Waals surface area contributed by atoms with Crippen molar-refractivity contribution in [2.45, 2.75) is 57.9 Å². The van der Waals surface area contributed by atoms with Gasteiger partial charge < -0.3 is 9.42 Å². The Morgan fingerprint density at radius 2 is 2.39 bits per heavy atom. The molecule has 1 saturated heterocycles. The van der Waals surface area contributed by atoms with Crippen molar-refractivity contribution in [2.75, 3.05) is 6.54 Å². The van der Waals surface area contributed by atoms with E-state index in [0.29, 0.717) is 12.3 Å². The lowest BCUT2D eigenvalue weighted by Gasteiger charge is -2.33. The van der Waals surface area contributed by atoms with Gasteiger partial charge in [0.05, 0.1) is 6.42 Å². The summed E-state index contributed by atoms with van der Waals surface area (Å²) in [6.45, 7) is 4.98. The van der Waals surface area contributed by atoms with Crippen LogP contribution in [-0.2, 0) is 11.2 Å². The van der Waals surface area contributed by atoms with E-state index in [0.717, 1.165) is 42.9 Å². The van der Waals surface area contributed by atoms with E-state index in [1.807, 2.05) is 22.4 Å². The van der Waals surface area contributed by atoms with Gasteiger partial charge in [-0.15, -0.1) is 11.3 Å². The molecule has 2 aromatic heterocycles. The molecule has 0 spiro atoms. The van der Waals surface area contributed by atoms with E-state index in [4.69, 9.17) is 4.52 Å². The number of amides is 1. The van der Waals surface area contributed by atoms with Gasteiger partial charge in [0.2, 0.25) is 11.8 Å². The van der Waals surface area contributed by atoms with Crippen LogP contribution in [0.25, 0.3) is 0 Å². The van der Waals surface area contributed by atoms with E-state index in [1.54, 1.807) is 11.3 Å². The van der Waals surface area contributed by atoms with Crippen molar-refractivity contribution >= 4 is 17.2 Å². The van der Waals surface area contributed by atoms with Crippen LogP contribution in [-0.4, -0.2) is 27.5 Å². The van der Waals surface area contributed by atoms with Gasteiger partial charge in [-0.05, 0) is 37.1 Å². The molecule has 0 radical (unpaired) electrons. The molecule has 3 rings (SSSR count). The summed E-state index contributed by atoms with van der Waals surface area (Å²) in [7, 11) is 0. The first-order valence-corrected chi connectivity index (χ1v) is 9.22. The summed E-state index contributed by atoms with van der Waals surface area (Å²) in [4.78, 5) is 20.3. The number of thiophene rings is 1. The predicted octanol–water partition coefficient (Wildman–Crippen LogP) is 3.94. The Morgan fingerprint density at radius 3 is 3.13 bits per heavy atom. The molecule has 6 heteroatoms. The first-order valence-electron chi connectivity index (χ1n) is 8.34. The second-order valence-corrected chi connectivity index (χ2v) is 7.19. The number of nitrogens with zero attached hydrogens (tertiary/aromatic N) is 3. The lowest BCUT2D eigenvalue weighted by Crippen LogP contribution is -2.39. The molecule has 5 nitrogen and oxygen atoms in total. The summed E-state index contributed by atoms with van der Waals surface area (Å²) in [6, 6.07) is 3.92.